The molecule has 49 heavy (non-hydrogen) atoms. The van der Waals surface area contributed by atoms with E-state index >= 15 is 0 Å². The zero-order chi connectivity index (χ0) is 33.5. The minimum atomic E-state index is -0.350. The van der Waals surface area contributed by atoms with Crippen LogP contribution in [-0.2, 0) is 13.1 Å². The molecule has 0 spiro atoms. The molecule has 0 radical (unpaired) electrons. The molecule has 7 nitrogen and oxygen atoms in total. The van der Waals surface area contributed by atoms with Crippen molar-refractivity contribution in [3.8, 4) is 22.3 Å². The Bertz CT molecular complexity index is 2140. The highest BCUT2D eigenvalue weighted by Gasteiger charge is 2.46. The van der Waals surface area contributed by atoms with Gasteiger partial charge in [-0.15, -0.1) is 0 Å². The summed E-state index contributed by atoms with van der Waals surface area (Å²) in [5.41, 5.74) is 8.10. The van der Waals surface area contributed by atoms with Crippen LogP contribution < -0.4 is 9.80 Å². The number of carbonyl (C=O) groups excluding carboxylic acids is 1. The summed E-state index contributed by atoms with van der Waals surface area (Å²) in [6.07, 6.45) is 0. The van der Waals surface area contributed by atoms with Crippen LogP contribution in [-0.4, -0.2) is 45.7 Å². The molecule has 242 valence electrons. The third-order valence-corrected chi connectivity index (χ3v) is 9.29. The molecule has 8 rings (SSSR count). The van der Waals surface area contributed by atoms with Gasteiger partial charge in [-0.25, -0.2) is 9.67 Å². The third kappa shape index (κ3) is 5.78. The van der Waals surface area contributed by atoms with Crippen LogP contribution in [0.1, 0.15) is 35.3 Å². The molecule has 0 saturated heterocycles. The zero-order valence-electron chi connectivity index (χ0n) is 28.0. The van der Waals surface area contributed by atoms with Gasteiger partial charge in [0.25, 0.3) is 5.91 Å². The van der Waals surface area contributed by atoms with Gasteiger partial charge in [-0.2, -0.15) is 5.10 Å². The Morgan fingerprint density at radius 1 is 0.673 bits per heavy atom. The molecular formula is C42H38N6O. The van der Waals surface area contributed by atoms with Gasteiger partial charge in [0.1, 0.15) is 11.4 Å². The van der Waals surface area contributed by atoms with E-state index in [9.17, 15) is 4.79 Å². The largest absolute Gasteiger partial charge is 0.320 e. The molecule has 0 fully saturated rings. The molecule has 1 aromatic heterocycles. The minimum Gasteiger partial charge on any atom is -0.320 e. The van der Waals surface area contributed by atoms with Gasteiger partial charge in [0.2, 0.25) is 5.96 Å². The number of fused-ring (bicyclic) bond motifs is 3. The first-order chi connectivity index (χ1) is 23.8. The summed E-state index contributed by atoms with van der Waals surface area (Å²) in [5, 5.41) is 5.30. The molecule has 7 heteroatoms. The van der Waals surface area contributed by atoms with Crippen LogP contribution in [0.4, 0.5) is 17.3 Å². The maximum atomic E-state index is 14.4. The lowest BCUT2D eigenvalue weighted by atomic mass is 10.0. The molecule has 3 heterocycles. The van der Waals surface area contributed by atoms with Crippen LogP contribution in [0.15, 0.2) is 145 Å². The number of rotatable bonds is 8. The summed E-state index contributed by atoms with van der Waals surface area (Å²) in [5.74, 6) is 1.98. The van der Waals surface area contributed by atoms with Crippen molar-refractivity contribution < 1.29 is 4.79 Å². The fraction of sp³-hybridized carbons (Fsp3) is 0.167. The second kappa shape index (κ2) is 12.3. The first kappa shape index (κ1) is 30.4. The Balaban J connectivity index is 1.22. The van der Waals surface area contributed by atoms with E-state index in [1.165, 1.54) is 11.1 Å². The van der Waals surface area contributed by atoms with E-state index in [2.05, 4.69) is 133 Å². The number of guanidine groups is 1. The summed E-state index contributed by atoms with van der Waals surface area (Å²) >= 11 is 0. The Morgan fingerprint density at radius 3 is 1.76 bits per heavy atom. The minimum absolute atomic E-state index is 0.108. The summed E-state index contributed by atoms with van der Waals surface area (Å²) in [7, 11) is 1.82. The number of hydrogen-bond donors (Lipinski definition) is 0. The first-order valence-electron chi connectivity index (χ1n) is 16.7. The molecule has 0 bridgehead atoms. The van der Waals surface area contributed by atoms with Gasteiger partial charge in [0, 0.05) is 19.3 Å². The number of para-hydroxylation sites is 1. The first-order valence-corrected chi connectivity index (χ1v) is 16.7. The average Bonchev–Trinajstić information content (AvgIpc) is 3.68. The van der Waals surface area contributed by atoms with Crippen LogP contribution >= 0.6 is 0 Å². The van der Waals surface area contributed by atoms with E-state index in [0.29, 0.717) is 37.0 Å². The highest BCUT2D eigenvalue weighted by atomic mass is 16.2. The van der Waals surface area contributed by atoms with Crippen molar-refractivity contribution in [2.24, 2.45) is 4.99 Å². The third-order valence-electron chi connectivity index (χ3n) is 9.29. The summed E-state index contributed by atoms with van der Waals surface area (Å²) < 4.78 is 2.00. The fourth-order valence-electron chi connectivity index (χ4n) is 6.83. The molecule has 0 N–H and O–H groups in total. The Kier molecular flexibility index (Phi) is 7.60. The van der Waals surface area contributed by atoms with Gasteiger partial charge < -0.3 is 4.90 Å². The average molecular weight is 643 g/mol. The van der Waals surface area contributed by atoms with Crippen LogP contribution in [0.2, 0.25) is 0 Å². The topological polar surface area (TPSA) is 57.0 Å². The predicted molar refractivity (Wildman–Crippen MR) is 198 cm³/mol. The quantitative estimate of drug-likeness (QED) is 0.167. The van der Waals surface area contributed by atoms with Crippen LogP contribution in [0, 0.1) is 0 Å². The lowest BCUT2D eigenvalue weighted by Crippen LogP contribution is -2.49. The van der Waals surface area contributed by atoms with Gasteiger partial charge in [0.05, 0.1) is 18.6 Å². The lowest BCUT2D eigenvalue weighted by molar-refractivity contribution is 0.0866. The molecule has 6 aromatic rings. The van der Waals surface area contributed by atoms with Crippen LogP contribution in [0.25, 0.3) is 22.3 Å². The zero-order valence-corrected chi connectivity index (χ0v) is 28.0. The SMILES string of the molecule is CN1C(=O)c2c(N(Cc3ccc(-c4ccccc4)cc3)c3ccccc3)nn(Cc3ccc(-c4ccccc4)cc3)c2N2CC(C)(C)N=C12. The smallest absolute Gasteiger partial charge is 0.267 e. The second-order valence-corrected chi connectivity index (χ2v) is 13.4. The standard InChI is InChI=1S/C42H38N6O/c1-42(2)29-47-39-37(40(49)45(3)41(47)43-42)38(44-48(39)28-31-21-25-35(26-22-31)33-15-9-5-10-16-33)46(36-17-11-6-12-18-36)27-30-19-23-34(24-20-30)32-13-7-4-8-14-32/h4-26H,27-29H2,1-3H3. The number of amides is 1. The van der Waals surface area contributed by atoms with Crippen molar-refractivity contribution in [1.82, 2.24) is 14.7 Å². The van der Waals surface area contributed by atoms with E-state index in [1.807, 2.05) is 42.1 Å². The number of aliphatic imine (C=N–C) groups is 1. The van der Waals surface area contributed by atoms with Gasteiger partial charge in [-0.05, 0) is 59.4 Å². The van der Waals surface area contributed by atoms with Gasteiger partial charge >= 0.3 is 0 Å². The fourth-order valence-corrected chi connectivity index (χ4v) is 6.83. The number of aromatic nitrogens is 2. The Labute approximate surface area is 287 Å². The molecule has 0 atom stereocenters. The molecule has 5 aromatic carbocycles. The van der Waals surface area contributed by atoms with Crippen LogP contribution in [0.5, 0.6) is 0 Å². The number of carbonyl (C=O) groups is 1. The van der Waals surface area contributed by atoms with E-state index in [1.54, 1.807) is 4.90 Å². The maximum Gasteiger partial charge on any atom is 0.267 e. The van der Waals surface area contributed by atoms with Crippen LogP contribution in [0.3, 0.4) is 0 Å². The predicted octanol–water partition coefficient (Wildman–Crippen LogP) is 8.64. The van der Waals surface area contributed by atoms with Crippen molar-refractivity contribution in [3.05, 3.63) is 156 Å². The number of anilines is 3. The Hall–Kier alpha value is -5.95. The van der Waals surface area contributed by atoms with Crippen molar-refractivity contribution in [2.45, 2.75) is 32.5 Å². The molecule has 2 aliphatic heterocycles. The normalized spacial score (nSPS) is 14.8. The van der Waals surface area contributed by atoms with Crippen molar-refractivity contribution >= 4 is 29.2 Å². The lowest BCUT2D eigenvalue weighted by Gasteiger charge is -2.33. The summed E-state index contributed by atoms with van der Waals surface area (Å²) in [6.45, 7) is 5.91. The Morgan fingerprint density at radius 2 is 1.18 bits per heavy atom. The summed E-state index contributed by atoms with van der Waals surface area (Å²) in [6, 6.07) is 48.3. The van der Waals surface area contributed by atoms with Gasteiger partial charge in [-0.1, -0.05) is 127 Å². The van der Waals surface area contributed by atoms with E-state index in [0.717, 1.165) is 33.8 Å². The molecular weight excluding hydrogens is 605 g/mol. The molecule has 2 aliphatic rings. The maximum absolute atomic E-state index is 14.4. The number of benzene rings is 5. The molecule has 0 saturated carbocycles. The second-order valence-electron chi connectivity index (χ2n) is 13.4. The molecule has 0 aliphatic carbocycles. The van der Waals surface area contributed by atoms with Crippen molar-refractivity contribution in [3.63, 3.8) is 0 Å². The van der Waals surface area contributed by atoms with E-state index < -0.39 is 0 Å². The number of hydrogen-bond acceptors (Lipinski definition) is 5. The van der Waals surface area contributed by atoms with E-state index in [-0.39, 0.29) is 11.4 Å². The molecule has 0 unspecified atom stereocenters. The summed E-state index contributed by atoms with van der Waals surface area (Å²) in [4.78, 5) is 25.4. The van der Waals surface area contributed by atoms with Crippen molar-refractivity contribution in [1.29, 1.82) is 0 Å². The molecule has 1 amide bonds. The van der Waals surface area contributed by atoms with Gasteiger partial charge in [0.15, 0.2) is 5.82 Å². The van der Waals surface area contributed by atoms with Crippen molar-refractivity contribution in [2.75, 3.05) is 23.4 Å². The number of nitrogens with zero attached hydrogens (tertiary/aromatic N) is 6. The highest BCUT2D eigenvalue weighted by molar-refractivity contribution is 6.21. The highest BCUT2D eigenvalue weighted by Crippen LogP contribution is 2.42. The monoisotopic (exact) mass is 642 g/mol. The van der Waals surface area contributed by atoms with E-state index in [4.69, 9.17) is 10.1 Å². The van der Waals surface area contributed by atoms with Gasteiger partial charge in [-0.3, -0.25) is 14.6 Å².